The van der Waals surface area contributed by atoms with Crippen LogP contribution >= 0.6 is 11.6 Å². The predicted molar refractivity (Wildman–Crippen MR) is 117 cm³/mol. The third kappa shape index (κ3) is 4.96. The van der Waals surface area contributed by atoms with Crippen LogP contribution in [-0.4, -0.2) is 24.0 Å². The molecule has 1 atom stereocenters. The van der Waals surface area contributed by atoms with E-state index in [1.807, 2.05) is 0 Å². The first-order chi connectivity index (χ1) is 15.9. The van der Waals surface area contributed by atoms with Gasteiger partial charge in [-0.1, -0.05) is 17.7 Å². The Balaban J connectivity index is 1.59. The van der Waals surface area contributed by atoms with Crippen LogP contribution in [0.25, 0.3) is 0 Å². The summed E-state index contributed by atoms with van der Waals surface area (Å²) in [6, 6.07) is 9.34. The minimum atomic E-state index is -1.09. The number of aryl methyl sites for hydroxylation is 1. The van der Waals surface area contributed by atoms with E-state index in [1.54, 1.807) is 18.2 Å². The number of halogens is 3. The van der Waals surface area contributed by atoms with Crippen LogP contribution in [0.5, 0.6) is 11.6 Å². The zero-order valence-corrected chi connectivity index (χ0v) is 18.3. The van der Waals surface area contributed by atoms with Crippen molar-refractivity contribution >= 4 is 23.5 Å². The molecule has 3 aromatic rings. The number of rotatable bonds is 5. The molecule has 1 unspecified atom stereocenters. The molecule has 1 amide bonds. The Hall–Kier alpha value is -3.52. The van der Waals surface area contributed by atoms with Crippen LogP contribution in [-0.2, 0) is 11.2 Å². The number of esters is 1. The average molecular weight is 473 g/mol. The molecule has 1 aliphatic carbocycles. The van der Waals surface area contributed by atoms with Crippen LogP contribution in [0, 0.1) is 11.6 Å². The third-order valence-electron chi connectivity index (χ3n) is 5.35. The van der Waals surface area contributed by atoms with E-state index < -0.39 is 23.5 Å². The molecule has 33 heavy (non-hydrogen) atoms. The summed E-state index contributed by atoms with van der Waals surface area (Å²) in [6.07, 6.45) is 3.58. The molecule has 0 saturated carbocycles. The second-order valence-electron chi connectivity index (χ2n) is 7.51. The number of aromatic nitrogens is 1. The predicted octanol–water partition coefficient (Wildman–Crippen LogP) is 5.40. The monoisotopic (exact) mass is 472 g/mol. The molecule has 1 heterocycles. The fourth-order valence-electron chi connectivity index (χ4n) is 3.77. The Morgan fingerprint density at radius 1 is 1.12 bits per heavy atom. The van der Waals surface area contributed by atoms with E-state index >= 15 is 0 Å². The maximum atomic E-state index is 13.6. The zero-order chi connectivity index (χ0) is 23.5. The molecule has 0 spiro atoms. The molecule has 1 aromatic heterocycles. The van der Waals surface area contributed by atoms with Gasteiger partial charge in [-0.3, -0.25) is 4.79 Å². The van der Waals surface area contributed by atoms with Crippen molar-refractivity contribution in [2.75, 3.05) is 7.11 Å². The highest BCUT2D eigenvalue weighted by molar-refractivity contribution is 6.30. The summed E-state index contributed by atoms with van der Waals surface area (Å²) in [7, 11) is 1.32. The van der Waals surface area contributed by atoms with Crippen LogP contribution in [0.1, 0.15) is 50.7 Å². The summed E-state index contributed by atoms with van der Waals surface area (Å²) >= 11 is 6.04. The Labute approximate surface area is 193 Å². The first-order valence-corrected chi connectivity index (χ1v) is 10.5. The molecule has 9 heteroatoms. The van der Waals surface area contributed by atoms with Crippen molar-refractivity contribution in [3.8, 4) is 11.6 Å². The minimum absolute atomic E-state index is 0.0175. The number of methoxy groups -OCH3 is 1. The van der Waals surface area contributed by atoms with Gasteiger partial charge in [-0.25, -0.2) is 18.6 Å². The smallest absolute Gasteiger partial charge is 0.337 e. The number of nitrogens with one attached hydrogen (secondary N) is 1. The summed E-state index contributed by atoms with van der Waals surface area (Å²) in [5.41, 5.74) is 2.35. The Morgan fingerprint density at radius 3 is 2.70 bits per heavy atom. The van der Waals surface area contributed by atoms with E-state index in [0.29, 0.717) is 12.0 Å². The first-order valence-electron chi connectivity index (χ1n) is 10.2. The number of benzene rings is 2. The fourth-order valence-corrected chi connectivity index (χ4v) is 3.93. The second kappa shape index (κ2) is 9.54. The molecule has 0 aliphatic heterocycles. The summed E-state index contributed by atoms with van der Waals surface area (Å²) in [4.78, 5) is 29.0. The van der Waals surface area contributed by atoms with Gasteiger partial charge in [-0.05, 0) is 60.7 Å². The van der Waals surface area contributed by atoms with Crippen molar-refractivity contribution in [1.82, 2.24) is 10.3 Å². The SMILES string of the molecule is COC(=O)c1ccc2c(c1)CCCC2NC(=O)c1cc(Cl)cnc1Oc1ccc(F)c(F)c1. The van der Waals surface area contributed by atoms with Crippen LogP contribution < -0.4 is 10.1 Å². The van der Waals surface area contributed by atoms with Gasteiger partial charge in [-0.15, -0.1) is 0 Å². The number of hydrogen-bond acceptors (Lipinski definition) is 5. The molecule has 170 valence electrons. The van der Waals surface area contributed by atoms with Gasteiger partial charge < -0.3 is 14.8 Å². The molecule has 6 nitrogen and oxygen atoms in total. The Bertz CT molecular complexity index is 1240. The summed E-state index contributed by atoms with van der Waals surface area (Å²) in [6.45, 7) is 0. The van der Waals surface area contributed by atoms with Gasteiger partial charge in [0.2, 0.25) is 5.88 Å². The molecule has 1 N–H and O–H groups in total. The summed E-state index contributed by atoms with van der Waals surface area (Å²) < 4.78 is 37.1. The lowest BCUT2D eigenvalue weighted by Crippen LogP contribution is -2.31. The zero-order valence-electron chi connectivity index (χ0n) is 17.5. The molecule has 0 fully saturated rings. The average Bonchev–Trinajstić information content (AvgIpc) is 2.81. The third-order valence-corrected chi connectivity index (χ3v) is 5.56. The van der Waals surface area contributed by atoms with Gasteiger partial charge >= 0.3 is 5.97 Å². The maximum Gasteiger partial charge on any atom is 0.337 e. The lowest BCUT2D eigenvalue weighted by Gasteiger charge is -2.27. The van der Waals surface area contributed by atoms with Gasteiger partial charge in [0.15, 0.2) is 11.6 Å². The Morgan fingerprint density at radius 2 is 1.94 bits per heavy atom. The van der Waals surface area contributed by atoms with Gasteiger partial charge in [0.25, 0.3) is 5.91 Å². The molecule has 2 aromatic carbocycles. The largest absolute Gasteiger partial charge is 0.465 e. The molecular weight excluding hydrogens is 454 g/mol. The van der Waals surface area contributed by atoms with E-state index in [2.05, 4.69) is 10.3 Å². The van der Waals surface area contributed by atoms with Gasteiger partial charge in [0, 0.05) is 12.3 Å². The highest BCUT2D eigenvalue weighted by atomic mass is 35.5. The summed E-state index contributed by atoms with van der Waals surface area (Å²) in [5.74, 6) is -3.13. The number of carbonyl (C=O) groups is 2. The van der Waals surface area contributed by atoms with Crippen molar-refractivity contribution in [1.29, 1.82) is 0 Å². The van der Waals surface area contributed by atoms with Crippen LogP contribution in [0.15, 0.2) is 48.7 Å². The number of amides is 1. The van der Waals surface area contributed by atoms with Crippen LogP contribution in [0.3, 0.4) is 0 Å². The van der Waals surface area contributed by atoms with Gasteiger partial charge in [0.1, 0.15) is 11.3 Å². The number of pyridine rings is 1. The number of nitrogens with zero attached hydrogens (tertiary/aromatic N) is 1. The van der Waals surface area contributed by atoms with Crippen molar-refractivity contribution in [2.24, 2.45) is 0 Å². The molecule has 0 saturated heterocycles. The molecule has 0 bridgehead atoms. The molecule has 1 aliphatic rings. The van der Waals surface area contributed by atoms with Gasteiger partial charge in [-0.2, -0.15) is 0 Å². The topological polar surface area (TPSA) is 77.5 Å². The lowest BCUT2D eigenvalue weighted by molar-refractivity contribution is 0.0600. The van der Waals surface area contributed by atoms with E-state index in [4.69, 9.17) is 21.1 Å². The van der Waals surface area contributed by atoms with Gasteiger partial charge in [0.05, 0.1) is 23.7 Å². The fraction of sp³-hybridized carbons (Fsp3) is 0.208. The standard InChI is InChI=1S/C24H19ClF2N2O4/c1-32-24(31)14-5-7-17-13(9-14)3-2-4-21(17)29-22(30)18-10-15(25)12-28-23(18)33-16-6-8-19(26)20(27)11-16/h5-12,21H,2-4H2,1H3,(H,29,30). The Kier molecular flexibility index (Phi) is 6.55. The molecule has 4 rings (SSSR count). The number of carbonyl (C=O) groups excluding carboxylic acids is 2. The van der Waals surface area contributed by atoms with Crippen molar-refractivity contribution < 1.29 is 27.8 Å². The lowest BCUT2D eigenvalue weighted by atomic mass is 9.86. The van der Waals surface area contributed by atoms with Crippen LogP contribution in [0.4, 0.5) is 8.78 Å². The molecular formula is C24H19ClF2N2O4. The highest BCUT2D eigenvalue weighted by Gasteiger charge is 2.25. The van der Waals surface area contributed by atoms with Crippen LogP contribution in [0.2, 0.25) is 5.02 Å². The quantitative estimate of drug-likeness (QED) is 0.503. The second-order valence-corrected chi connectivity index (χ2v) is 7.94. The normalized spacial score (nSPS) is 14.8. The summed E-state index contributed by atoms with van der Waals surface area (Å²) in [5, 5.41) is 3.17. The van der Waals surface area contributed by atoms with E-state index in [-0.39, 0.29) is 28.3 Å². The maximum absolute atomic E-state index is 13.6. The first kappa shape index (κ1) is 22.7. The molecule has 0 radical (unpaired) electrons. The highest BCUT2D eigenvalue weighted by Crippen LogP contribution is 2.32. The van der Waals surface area contributed by atoms with Crippen molar-refractivity contribution in [3.05, 3.63) is 87.6 Å². The van der Waals surface area contributed by atoms with E-state index in [0.717, 1.165) is 36.1 Å². The number of ether oxygens (including phenoxy) is 2. The van der Waals surface area contributed by atoms with Crippen molar-refractivity contribution in [2.45, 2.75) is 25.3 Å². The minimum Gasteiger partial charge on any atom is -0.465 e. The number of hydrogen-bond donors (Lipinski definition) is 1. The number of fused-ring (bicyclic) bond motifs is 1. The van der Waals surface area contributed by atoms with Crippen molar-refractivity contribution in [3.63, 3.8) is 0 Å². The van der Waals surface area contributed by atoms with E-state index in [1.165, 1.54) is 25.4 Å². The van der Waals surface area contributed by atoms with E-state index in [9.17, 15) is 18.4 Å².